The molecule has 4 aliphatic carbocycles. The van der Waals surface area contributed by atoms with Gasteiger partial charge in [-0.05, 0) is 109 Å². The number of aliphatic hydroxyl groups excluding tert-OH is 2. The number of hydrogen-bond acceptors (Lipinski definition) is 14. The van der Waals surface area contributed by atoms with Crippen molar-refractivity contribution in [2.75, 3.05) is 13.2 Å². The van der Waals surface area contributed by atoms with Gasteiger partial charge in [0.2, 0.25) is 0 Å². The lowest BCUT2D eigenvalue weighted by Crippen LogP contribution is -2.67. The quantitative estimate of drug-likeness (QED) is 0.300. The van der Waals surface area contributed by atoms with Crippen LogP contribution >= 0.6 is 0 Å². The largest absolute Gasteiger partial charge is 0.466 e. The number of ether oxygens (including phenoxy) is 8. The number of ketones is 1. The number of esters is 1. The van der Waals surface area contributed by atoms with E-state index in [4.69, 9.17) is 37.9 Å². The molecule has 10 rings (SSSR count). The molecule has 0 aromatic carbocycles. The summed E-state index contributed by atoms with van der Waals surface area (Å²) in [5, 5.41) is 30.8. The number of aliphatic hydroxyl groups is 2. The standard InChI is InChI=1S/C42H59N3O12/c1-19-13-27(51-36(49)22(19)17-46)20(2)23-9-10-24-21-14-30-42(55-30)35(48)26(15-29(47)41(42,8)25(21)11-12-40(23,24)7)45-16-31(43-44-45)52-33-32(28-18-50-38(3,4)54-28)53-37-34(33)56-39(5,6)57-37/h16,20-21,23-28,30,32-35,37,46,48H,9-15,17-18H2,1-8H3/t20-,21-,23+,24-,25-,26-,27+,28+,30+,32-,33-,34-,35-,37-,40+,41-,42-/m0/s1. The van der Waals surface area contributed by atoms with Crippen LogP contribution < -0.4 is 4.74 Å². The number of epoxide rings is 1. The summed E-state index contributed by atoms with van der Waals surface area (Å²) in [4.78, 5) is 27.5. The lowest BCUT2D eigenvalue weighted by atomic mass is 9.43. The van der Waals surface area contributed by atoms with Gasteiger partial charge in [0.15, 0.2) is 30.1 Å². The Morgan fingerprint density at radius 1 is 0.982 bits per heavy atom. The molecule has 314 valence electrons. The molecule has 4 saturated heterocycles. The molecule has 17 atom stereocenters. The van der Waals surface area contributed by atoms with Crippen LogP contribution in [-0.2, 0) is 42.7 Å². The number of aromatic nitrogens is 3. The van der Waals surface area contributed by atoms with Crippen molar-refractivity contribution >= 4 is 11.8 Å². The maximum atomic E-state index is 14.7. The number of fused-ring (bicyclic) bond motifs is 5. The number of hydrogen-bond donors (Lipinski definition) is 2. The van der Waals surface area contributed by atoms with Crippen LogP contribution in [0.15, 0.2) is 17.3 Å². The third-order valence-electron chi connectivity index (χ3n) is 16.5. The predicted octanol–water partition coefficient (Wildman–Crippen LogP) is 3.79. The van der Waals surface area contributed by atoms with Crippen molar-refractivity contribution in [2.24, 2.45) is 40.4 Å². The molecule has 15 heteroatoms. The summed E-state index contributed by atoms with van der Waals surface area (Å²) in [6, 6.07) is -0.676. The molecule has 0 unspecified atom stereocenters. The van der Waals surface area contributed by atoms with Gasteiger partial charge in [-0.15, -0.1) is 0 Å². The molecule has 0 radical (unpaired) electrons. The molecule has 1 spiro atoms. The van der Waals surface area contributed by atoms with Crippen LogP contribution in [0.3, 0.4) is 0 Å². The Labute approximate surface area is 333 Å². The second-order valence-corrected chi connectivity index (χ2v) is 20.1. The minimum absolute atomic E-state index is 0.0328. The molecule has 6 heterocycles. The highest BCUT2D eigenvalue weighted by Gasteiger charge is 2.82. The summed E-state index contributed by atoms with van der Waals surface area (Å²) in [7, 11) is 0. The van der Waals surface area contributed by atoms with Gasteiger partial charge in [0.25, 0.3) is 5.88 Å². The van der Waals surface area contributed by atoms with E-state index in [-0.39, 0.29) is 54.1 Å². The van der Waals surface area contributed by atoms with Gasteiger partial charge in [-0.1, -0.05) is 29.7 Å². The van der Waals surface area contributed by atoms with Crippen molar-refractivity contribution in [3.63, 3.8) is 0 Å². The van der Waals surface area contributed by atoms with Gasteiger partial charge in [0, 0.05) is 12.8 Å². The first-order valence-corrected chi connectivity index (χ1v) is 21.2. The topological polar surface area (TPSA) is 182 Å². The van der Waals surface area contributed by atoms with Crippen molar-refractivity contribution < 1.29 is 57.7 Å². The number of carbonyl (C=O) groups excluding carboxylic acids is 2. The van der Waals surface area contributed by atoms with Gasteiger partial charge in [-0.2, -0.15) is 0 Å². The summed E-state index contributed by atoms with van der Waals surface area (Å²) in [6.45, 7) is 16.0. The Balaban J connectivity index is 0.859. The third kappa shape index (κ3) is 5.51. The molecule has 0 bridgehead atoms. The van der Waals surface area contributed by atoms with Gasteiger partial charge < -0.3 is 48.1 Å². The molecule has 4 saturated carbocycles. The zero-order chi connectivity index (χ0) is 40.2. The molecule has 15 nitrogen and oxygen atoms in total. The molecule has 2 N–H and O–H groups in total. The molecular weight excluding hydrogens is 738 g/mol. The van der Waals surface area contributed by atoms with Crippen molar-refractivity contribution in [2.45, 2.75) is 173 Å². The fourth-order valence-corrected chi connectivity index (χ4v) is 13.7. The fraction of sp³-hybridized carbons (Fsp3) is 0.857. The maximum Gasteiger partial charge on any atom is 0.336 e. The van der Waals surface area contributed by atoms with E-state index in [1.54, 1.807) is 10.9 Å². The molecule has 9 aliphatic rings. The molecule has 5 aliphatic heterocycles. The third-order valence-corrected chi connectivity index (χ3v) is 16.5. The van der Waals surface area contributed by atoms with E-state index in [1.165, 1.54) is 0 Å². The predicted molar refractivity (Wildman–Crippen MR) is 197 cm³/mol. The lowest BCUT2D eigenvalue weighted by molar-refractivity contribution is -0.230. The van der Waals surface area contributed by atoms with Crippen LogP contribution in [0.1, 0.15) is 106 Å². The van der Waals surface area contributed by atoms with E-state index in [0.717, 1.165) is 37.7 Å². The van der Waals surface area contributed by atoms with E-state index in [9.17, 15) is 19.8 Å². The number of nitrogens with zero attached hydrogens (tertiary/aromatic N) is 3. The first-order chi connectivity index (χ1) is 26.9. The minimum Gasteiger partial charge on any atom is -0.466 e. The summed E-state index contributed by atoms with van der Waals surface area (Å²) in [5.41, 5.74) is -0.492. The monoisotopic (exact) mass is 797 g/mol. The first-order valence-electron chi connectivity index (χ1n) is 21.2. The maximum absolute atomic E-state index is 14.7. The zero-order valence-electron chi connectivity index (χ0n) is 34.3. The molecule has 1 aromatic rings. The van der Waals surface area contributed by atoms with E-state index in [2.05, 4.69) is 31.1 Å². The fourth-order valence-electron chi connectivity index (χ4n) is 13.7. The van der Waals surface area contributed by atoms with Crippen molar-refractivity contribution in [1.82, 2.24) is 15.0 Å². The Kier molecular flexibility index (Phi) is 8.66. The normalized spacial score (nSPS) is 49.8. The van der Waals surface area contributed by atoms with Gasteiger partial charge >= 0.3 is 5.97 Å². The summed E-state index contributed by atoms with van der Waals surface area (Å²) in [6.07, 6.45) is 2.86. The lowest BCUT2D eigenvalue weighted by Gasteiger charge is -2.59. The van der Waals surface area contributed by atoms with E-state index < -0.39 is 71.4 Å². The second kappa shape index (κ2) is 12.8. The van der Waals surface area contributed by atoms with E-state index >= 15 is 0 Å². The first kappa shape index (κ1) is 38.7. The zero-order valence-corrected chi connectivity index (χ0v) is 34.3. The van der Waals surface area contributed by atoms with Crippen LogP contribution in [-0.4, -0.2) is 116 Å². The smallest absolute Gasteiger partial charge is 0.336 e. The van der Waals surface area contributed by atoms with E-state index in [1.807, 2.05) is 34.6 Å². The Morgan fingerprint density at radius 3 is 2.49 bits per heavy atom. The Hall–Kier alpha value is -2.50. The molecule has 0 amide bonds. The van der Waals surface area contributed by atoms with Gasteiger partial charge in [0.05, 0.1) is 42.5 Å². The molecule has 57 heavy (non-hydrogen) atoms. The molecule has 8 fully saturated rings. The highest BCUT2D eigenvalue weighted by molar-refractivity contribution is 5.90. The summed E-state index contributed by atoms with van der Waals surface area (Å²) >= 11 is 0. The molecule has 1 aromatic heterocycles. The van der Waals surface area contributed by atoms with Crippen LogP contribution in [0.25, 0.3) is 0 Å². The number of Topliss-reactive ketones (excluding diaryl/α,β-unsaturated/α-hetero) is 1. The second-order valence-electron chi connectivity index (χ2n) is 20.1. The number of cyclic esters (lactones) is 1. The van der Waals surface area contributed by atoms with Crippen molar-refractivity contribution in [3.05, 3.63) is 17.3 Å². The summed E-state index contributed by atoms with van der Waals surface area (Å²) in [5.74, 6) is -0.412. The SMILES string of the molecule is CC1=C(CO)C(=O)O[C@@H]([C@@H](C)[C@H]2CC[C@H]3[C@@H]4C[C@H]5O[C@]56[C@@H](O)[C@@H](n5cc(O[C@@H]7[C@@H]8OC(C)(C)O[C@@H]8O[C@H]7[C@H]7COC(C)(C)O7)nn5)CC(=O)[C@]6(C)[C@H]4CC[C@]23C)C1. The van der Waals surface area contributed by atoms with Crippen LogP contribution in [0.5, 0.6) is 5.88 Å². The number of rotatable bonds is 7. The van der Waals surface area contributed by atoms with E-state index in [0.29, 0.717) is 36.4 Å². The van der Waals surface area contributed by atoms with Gasteiger partial charge in [0.1, 0.15) is 35.8 Å². The van der Waals surface area contributed by atoms with Gasteiger partial charge in [-0.25, -0.2) is 9.48 Å². The minimum atomic E-state index is -0.990. The van der Waals surface area contributed by atoms with Crippen LogP contribution in [0, 0.1) is 40.4 Å². The highest BCUT2D eigenvalue weighted by atomic mass is 16.8. The molecular formula is C42H59N3O12. The van der Waals surface area contributed by atoms with Crippen molar-refractivity contribution in [1.29, 1.82) is 0 Å². The average molecular weight is 798 g/mol. The number of carbonyl (C=O) groups is 2. The van der Waals surface area contributed by atoms with Gasteiger partial charge in [-0.3, -0.25) is 4.79 Å². The Bertz CT molecular complexity index is 1870. The van der Waals surface area contributed by atoms with Crippen LogP contribution in [0.2, 0.25) is 0 Å². The Morgan fingerprint density at radius 2 is 1.77 bits per heavy atom. The average Bonchev–Trinajstić information content (AvgIpc) is 3.59. The summed E-state index contributed by atoms with van der Waals surface area (Å²) < 4.78 is 51.2. The highest BCUT2D eigenvalue weighted by Crippen LogP contribution is 2.74. The van der Waals surface area contributed by atoms with Crippen molar-refractivity contribution in [3.8, 4) is 5.88 Å². The van der Waals surface area contributed by atoms with Crippen LogP contribution in [0.4, 0.5) is 0 Å².